The number of rotatable bonds is 6. The Morgan fingerprint density at radius 3 is 2.15 bits per heavy atom. The third-order valence-electron chi connectivity index (χ3n) is 4.79. The summed E-state index contributed by atoms with van der Waals surface area (Å²) in [6.07, 6.45) is -1.02. The molecular weight excluding hydrogens is 340 g/mol. The van der Waals surface area contributed by atoms with Gasteiger partial charge in [-0.25, -0.2) is 8.78 Å². The van der Waals surface area contributed by atoms with Gasteiger partial charge in [0.15, 0.2) is 0 Å². The average Bonchev–Trinajstić information content (AvgIpc) is 2.64. The zero-order valence-corrected chi connectivity index (χ0v) is 14.7. The molecule has 0 saturated heterocycles. The van der Waals surface area contributed by atoms with Crippen LogP contribution in [0.25, 0.3) is 0 Å². The van der Waals surface area contributed by atoms with Gasteiger partial charge in [-0.05, 0) is 35.4 Å². The first-order valence-electron chi connectivity index (χ1n) is 8.32. The lowest BCUT2D eigenvalue weighted by Crippen LogP contribution is -2.54. The monoisotopic (exact) mass is 361 g/mol. The summed E-state index contributed by atoms with van der Waals surface area (Å²) in [5.41, 5.74) is 1.24. The molecule has 0 heterocycles. The molecule has 2 aromatic rings. The third kappa shape index (κ3) is 3.49. The van der Waals surface area contributed by atoms with Gasteiger partial charge in [0.05, 0.1) is 14.2 Å². The van der Waals surface area contributed by atoms with Crippen LogP contribution < -0.4 is 10.1 Å². The number of halogens is 2. The molecule has 1 saturated carbocycles. The molecule has 1 fully saturated rings. The lowest BCUT2D eigenvalue weighted by atomic mass is 9.62. The minimum atomic E-state index is -2.82. The number of carbonyl (C=O) groups excluding carboxylic acids is 1. The molecule has 0 amide bonds. The van der Waals surface area contributed by atoms with Crippen molar-refractivity contribution in [1.29, 1.82) is 0 Å². The van der Waals surface area contributed by atoms with Crippen LogP contribution >= 0.6 is 0 Å². The quantitative estimate of drug-likeness (QED) is 0.786. The molecule has 0 aromatic heterocycles. The van der Waals surface area contributed by atoms with Gasteiger partial charge < -0.3 is 14.8 Å². The highest BCUT2D eigenvalue weighted by Gasteiger charge is 2.62. The molecule has 4 nitrogen and oxygen atoms in total. The van der Waals surface area contributed by atoms with E-state index in [-0.39, 0.29) is 0 Å². The zero-order valence-electron chi connectivity index (χ0n) is 14.7. The van der Waals surface area contributed by atoms with E-state index < -0.39 is 30.1 Å². The molecule has 138 valence electrons. The molecule has 1 N–H and O–H groups in total. The first-order valence-corrected chi connectivity index (χ1v) is 8.32. The van der Waals surface area contributed by atoms with E-state index in [2.05, 4.69) is 5.32 Å². The topological polar surface area (TPSA) is 47.6 Å². The van der Waals surface area contributed by atoms with Crippen molar-refractivity contribution in [1.82, 2.24) is 0 Å². The number of methoxy groups -OCH3 is 2. The summed E-state index contributed by atoms with van der Waals surface area (Å²) >= 11 is 0. The maximum absolute atomic E-state index is 13.4. The fourth-order valence-electron chi connectivity index (χ4n) is 3.35. The normalized spacial score (nSPS) is 17.1. The molecule has 26 heavy (non-hydrogen) atoms. The third-order valence-corrected chi connectivity index (χ3v) is 4.79. The Labute approximate surface area is 151 Å². The minimum Gasteiger partial charge on any atom is -0.497 e. The molecule has 1 aliphatic rings. The van der Waals surface area contributed by atoms with Gasteiger partial charge in [-0.1, -0.05) is 24.3 Å². The lowest BCUT2D eigenvalue weighted by Gasteiger charge is -2.45. The summed E-state index contributed by atoms with van der Waals surface area (Å²) in [7, 11) is 2.85. The molecule has 0 atom stereocenters. The van der Waals surface area contributed by atoms with E-state index >= 15 is 0 Å². The molecular formula is C20H21F2NO3. The maximum Gasteiger partial charge on any atom is 0.316 e. The molecule has 0 spiro atoms. The van der Waals surface area contributed by atoms with Crippen molar-refractivity contribution in [2.45, 2.75) is 30.7 Å². The van der Waals surface area contributed by atoms with Crippen molar-refractivity contribution < 1.29 is 23.0 Å². The van der Waals surface area contributed by atoms with E-state index in [4.69, 9.17) is 9.47 Å². The van der Waals surface area contributed by atoms with Crippen LogP contribution in [0.2, 0.25) is 0 Å². The van der Waals surface area contributed by atoms with Crippen LogP contribution in [0.15, 0.2) is 48.5 Å². The molecule has 0 bridgehead atoms. The van der Waals surface area contributed by atoms with Crippen LogP contribution in [0.4, 0.5) is 14.5 Å². The highest BCUT2D eigenvalue weighted by Crippen LogP contribution is 2.54. The maximum atomic E-state index is 13.4. The number of carbonyl (C=O) groups is 1. The first kappa shape index (κ1) is 18.2. The van der Waals surface area contributed by atoms with E-state index in [1.807, 2.05) is 24.3 Å². The van der Waals surface area contributed by atoms with Gasteiger partial charge in [-0.2, -0.15) is 0 Å². The molecule has 0 unspecified atom stereocenters. The van der Waals surface area contributed by atoms with Gasteiger partial charge in [0.25, 0.3) is 5.92 Å². The zero-order chi connectivity index (χ0) is 18.8. The van der Waals surface area contributed by atoms with E-state index in [1.54, 1.807) is 31.4 Å². The molecule has 0 radical (unpaired) electrons. The van der Waals surface area contributed by atoms with Crippen LogP contribution in [0.3, 0.4) is 0 Å². The Hall–Kier alpha value is -2.63. The fraction of sp³-hybridized carbons (Fsp3) is 0.350. The standard InChI is InChI=1S/C20H21F2NO3/c1-25-17-9-3-14(4-10-17)11-23-16-7-5-15(6-8-16)19(18(24)26-2)12-20(21,22)13-19/h3-10,23H,11-13H2,1-2H3. The minimum absolute atomic E-state index is 0.509. The first-order chi connectivity index (χ1) is 12.4. The Morgan fingerprint density at radius 2 is 1.65 bits per heavy atom. The number of hydrogen-bond acceptors (Lipinski definition) is 4. The van der Waals surface area contributed by atoms with Crippen molar-refractivity contribution in [3.8, 4) is 5.75 Å². The summed E-state index contributed by atoms with van der Waals surface area (Å²) in [5, 5.41) is 3.27. The number of anilines is 1. The molecule has 6 heteroatoms. The van der Waals surface area contributed by atoms with Crippen LogP contribution in [0.1, 0.15) is 24.0 Å². The van der Waals surface area contributed by atoms with Crippen LogP contribution in [-0.2, 0) is 21.5 Å². The van der Waals surface area contributed by atoms with E-state index in [0.717, 1.165) is 17.0 Å². The van der Waals surface area contributed by atoms with Crippen molar-refractivity contribution in [3.63, 3.8) is 0 Å². The molecule has 0 aliphatic heterocycles. The van der Waals surface area contributed by atoms with E-state index in [1.165, 1.54) is 7.11 Å². The lowest BCUT2D eigenvalue weighted by molar-refractivity contribution is -0.177. The van der Waals surface area contributed by atoms with Gasteiger partial charge in [0, 0.05) is 25.1 Å². The molecule has 2 aromatic carbocycles. The second-order valence-corrected chi connectivity index (χ2v) is 6.56. The number of hydrogen-bond donors (Lipinski definition) is 1. The predicted octanol–water partition coefficient (Wildman–Crippen LogP) is 4.15. The second kappa shape index (κ2) is 6.94. The number of ether oxygens (including phenoxy) is 2. The number of nitrogens with one attached hydrogen (secondary N) is 1. The van der Waals surface area contributed by atoms with Gasteiger partial charge in [-0.3, -0.25) is 4.79 Å². The summed E-state index contributed by atoms with van der Waals surface area (Å²) < 4.78 is 36.7. The number of alkyl halides is 2. The number of esters is 1. The highest BCUT2D eigenvalue weighted by atomic mass is 19.3. The molecule has 3 rings (SSSR count). The largest absolute Gasteiger partial charge is 0.497 e. The SMILES string of the molecule is COC(=O)C1(c2ccc(NCc3ccc(OC)cc3)cc2)CC(F)(F)C1. The van der Waals surface area contributed by atoms with Gasteiger partial charge in [-0.15, -0.1) is 0 Å². The van der Waals surface area contributed by atoms with Crippen LogP contribution in [0, 0.1) is 0 Å². The Kier molecular flexibility index (Phi) is 4.85. The summed E-state index contributed by atoms with van der Waals surface area (Å²) in [6, 6.07) is 14.7. The van der Waals surface area contributed by atoms with Crippen molar-refractivity contribution >= 4 is 11.7 Å². The summed E-state index contributed by atoms with van der Waals surface area (Å²) in [6.45, 7) is 0.615. The molecule has 1 aliphatic carbocycles. The van der Waals surface area contributed by atoms with Crippen LogP contribution in [-0.4, -0.2) is 26.1 Å². The van der Waals surface area contributed by atoms with Crippen molar-refractivity contribution in [3.05, 3.63) is 59.7 Å². The number of benzene rings is 2. The Bertz CT molecular complexity index is 765. The Balaban J connectivity index is 1.68. The van der Waals surface area contributed by atoms with Crippen molar-refractivity contribution in [2.24, 2.45) is 0 Å². The van der Waals surface area contributed by atoms with Crippen LogP contribution in [0.5, 0.6) is 5.75 Å². The Morgan fingerprint density at radius 1 is 1.04 bits per heavy atom. The van der Waals surface area contributed by atoms with Gasteiger partial charge in [0.2, 0.25) is 0 Å². The van der Waals surface area contributed by atoms with E-state index in [0.29, 0.717) is 12.1 Å². The second-order valence-electron chi connectivity index (χ2n) is 6.56. The van der Waals surface area contributed by atoms with Gasteiger partial charge in [0.1, 0.15) is 11.2 Å². The average molecular weight is 361 g/mol. The summed E-state index contributed by atoms with van der Waals surface area (Å²) in [5.74, 6) is -2.63. The smallest absolute Gasteiger partial charge is 0.316 e. The fourth-order valence-corrected chi connectivity index (χ4v) is 3.35. The van der Waals surface area contributed by atoms with Crippen molar-refractivity contribution in [2.75, 3.05) is 19.5 Å². The predicted molar refractivity (Wildman–Crippen MR) is 94.6 cm³/mol. The highest BCUT2D eigenvalue weighted by molar-refractivity contribution is 5.85. The summed E-state index contributed by atoms with van der Waals surface area (Å²) in [4.78, 5) is 12.1. The van der Waals surface area contributed by atoms with E-state index in [9.17, 15) is 13.6 Å². The van der Waals surface area contributed by atoms with Gasteiger partial charge >= 0.3 is 5.97 Å².